The molecule has 0 saturated carbocycles. The zero-order valence-electron chi connectivity index (χ0n) is 19.9. The van der Waals surface area contributed by atoms with E-state index in [0.29, 0.717) is 16.7 Å². The van der Waals surface area contributed by atoms with Crippen molar-refractivity contribution in [2.75, 3.05) is 0 Å². The first kappa shape index (κ1) is 26.5. The van der Waals surface area contributed by atoms with Gasteiger partial charge in [-0.3, -0.25) is 4.79 Å². The lowest BCUT2D eigenvalue weighted by Crippen LogP contribution is -2.19. The van der Waals surface area contributed by atoms with Crippen LogP contribution in [0.4, 0.5) is 5.69 Å². The van der Waals surface area contributed by atoms with Crippen molar-refractivity contribution in [3.05, 3.63) is 106 Å². The van der Waals surface area contributed by atoms with Gasteiger partial charge < -0.3 is 10.1 Å². The number of nitrogens with one attached hydrogen (secondary N) is 1. The molecular formula is C29H21Br2IN2O2S. The van der Waals surface area contributed by atoms with E-state index in [9.17, 15) is 4.79 Å². The van der Waals surface area contributed by atoms with Gasteiger partial charge in [-0.15, -0.1) is 0 Å². The summed E-state index contributed by atoms with van der Waals surface area (Å²) in [6.45, 7) is 4.52. The summed E-state index contributed by atoms with van der Waals surface area (Å²) in [4.78, 5) is 17.9. The fourth-order valence-corrected chi connectivity index (χ4v) is 6.95. The molecule has 37 heavy (non-hydrogen) atoms. The minimum Gasteiger partial charge on any atom is -0.487 e. The van der Waals surface area contributed by atoms with Crippen molar-refractivity contribution in [1.82, 2.24) is 5.32 Å². The van der Waals surface area contributed by atoms with Crippen LogP contribution in [0.25, 0.3) is 16.8 Å². The zero-order chi connectivity index (χ0) is 26.1. The lowest BCUT2D eigenvalue weighted by atomic mass is 10.1. The van der Waals surface area contributed by atoms with E-state index in [-0.39, 0.29) is 5.91 Å². The van der Waals surface area contributed by atoms with E-state index in [1.54, 1.807) is 0 Å². The van der Waals surface area contributed by atoms with E-state index in [4.69, 9.17) is 4.74 Å². The first-order valence-corrected chi connectivity index (χ1v) is 14.9. The van der Waals surface area contributed by atoms with Crippen LogP contribution < -0.4 is 10.1 Å². The second kappa shape index (κ2) is 11.3. The van der Waals surface area contributed by atoms with Gasteiger partial charge in [-0.2, -0.15) is 0 Å². The molecule has 1 saturated heterocycles. The smallest absolute Gasteiger partial charge is 0.264 e. The summed E-state index contributed by atoms with van der Waals surface area (Å²) in [6.07, 6.45) is 1.88. The summed E-state index contributed by atoms with van der Waals surface area (Å²) in [5.41, 5.74) is 5.06. The molecule has 4 aromatic carbocycles. The topological polar surface area (TPSA) is 50.7 Å². The molecule has 0 bridgehead atoms. The van der Waals surface area contributed by atoms with Crippen LogP contribution in [0.1, 0.15) is 22.3 Å². The van der Waals surface area contributed by atoms with Crippen LogP contribution in [-0.4, -0.2) is 11.1 Å². The van der Waals surface area contributed by atoms with Crippen LogP contribution in [0.2, 0.25) is 0 Å². The molecule has 1 N–H and O–H groups in total. The first-order valence-electron chi connectivity index (χ1n) is 11.4. The van der Waals surface area contributed by atoms with Gasteiger partial charge in [0.2, 0.25) is 0 Å². The minimum atomic E-state index is -0.156. The third-order valence-corrected chi connectivity index (χ3v) is 9.42. The molecule has 1 fully saturated rings. The van der Waals surface area contributed by atoms with Gasteiger partial charge in [-0.05, 0) is 127 Å². The van der Waals surface area contributed by atoms with Crippen LogP contribution in [0.3, 0.4) is 0 Å². The number of nitrogens with zero attached hydrogens (tertiary/aromatic N) is 1. The number of thioether (sulfide) groups is 1. The highest BCUT2D eigenvalue weighted by molar-refractivity contribution is 14.1. The van der Waals surface area contributed by atoms with Crippen LogP contribution in [-0.2, 0) is 11.4 Å². The lowest BCUT2D eigenvalue weighted by Gasteiger charge is -2.13. The molecule has 8 heteroatoms. The average molecular weight is 748 g/mol. The fraction of sp³-hybridized carbons (Fsp3) is 0.103. The van der Waals surface area contributed by atoms with Crippen molar-refractivity contribution in [3.8, 4) is 5.75 Å². The van der Waals surface area contributed by atoms with Gasteiger partial charge in [-0.25, -0.2) is 4.99 Å². The Bertz CT molecular complexity index is 1570. The molecule has 0 aromatic heterocycles. The minimum absolute atomic E-state index is 0.156. The van der Waals surface area contributed by atoms with Gasteiger partial charge in [-0.1, -0.05) is 58.4 Å². The SMILES string of the molecule is Cc1cc(N=C2NC(=O)/C(=C/c3cc(Br)c(OCc4cccc5ccccc45)c(I)c3)S2)cc(C)c1Br. The van der Waals surface area contributed by atoms with Crippen molar-refractivity contribution in [2.24, 2.45) is 4.99 Å². The molecule has 4 nitrogen and oxygen atoms in total. The van der Waals surface area contributed by atoms with E-state index in [1.807, 2.05) is 56.3 Å². The molecule has 0 unspecified atom stereocenters. The molecule has 1 amide bonds. The van der Waals surface area contributed by atoms with Crippen LogP contribution >= 0.6 is 66.2 Å². The van der Waals surface area contributed by atoms with Crippen molar-refractivity contribution >= 4 is 99.8 Å². The number of ether oxygens (including phenoxy) is 1. The van der Waals surface area contributed by atoms with Gasteiger partial charge in [0.05, 0.1) is 18.6 Å². The summed E-state index contributed by atoms with van der Waals surface area (Å²) in [6, 6.07) is 22.5. The first-order chi connectivity index (χ1) is 17.8. The number of benzene rings is 4. The summed E-state index contributed by atoms with van der Waals surface area (Å²) >= 11 is 10.9. The Balaban J connectivity index is 1.34. The summed E-state index contributed by atoms with van der Waals surface area (Å²) in [5.74, 6) is 0.624. The number of hydrogen-bond acceptors (Lipinski definition) is 4. The summed E-state index contributed by atoms with van der Waals surface area (Å²) < 4.78 is 9.10. The number of carbonyl (C=O) groups excluding carboxylic acids is 1. The number of amides is 1. The number of fused-ring (bicyclic) bond motifs is 1. The highest BCUT2D eigenvalue weighted by Gasteiger charge is 2.24. The van der Waals surface area contributed by atoms with E-state index in [2.05, 4.69) is 95.1 Å². The van der Waals surface area contributed by atoms with Crippen molar-refractivity contribution < 1.29 is 9.53 Å². The number of aliphatic imine (C=N–C) groups is 1. The van der Waals surface area contributed by atoms with Gasteiger partial charge in [0, 0.05) is 4.47 Å². The number of hydrogen-bond donors (Lipinski definition) is 1. The average Bonchev–Trinajstić information content (AvgIpc) is 3.20. The maximum Gasteiger partial charge on any atom is 0.264 e. The molecule has 186 valence electrons. The van der Waals surface area contributed by atoms with Crippen LogP contribution in [0.15, 0.2) is 85.6 Å². The number of carbonyl (C=O) groups is 1. The number of aryl methyl sites for hydroxylation is 2. The summed E-state index contributed by atoms with van der Waals surface area (Å²) in [7, 11) is 0. The second-order valence-electron chi connectivity index (χ2n) is 8.62. The number of amidine groups is 1. The molecule has 0 atom stereocenters. The van der Waals surface area contributed by atoms with Gasteiger partial charge >= 0.3 is 0 Å². The quantitative estimate of drug-likeness (QED) is 0.164. The molecule has 0 aliphatic carbocycles. The Morgan fingerprint density at radius 3 is 2.51 bits per heavy atom. The molecule has 0 radical (unpaired) electrons. The van der Waals surface area contributed by atoms with E-state index >= 15 is 0 Å². The Hall–Kier alpha value is -2.14. The molecule has 4 aromatic rings. The van der Waals surface area contributed by atoms with Crippen LogP contribution in [0, 0.1) is 17.4 Å². The monoisotopic (exact) mass is 746 g/mol. The molecular weight excluding hydrogens is 727 g/mol. The Labute approximate surface area is 250 Å². The lowest BCUT2D eigenvalue weighted by molar-refractivity contribution is -0.115. The standard InChI is InChI=1S/C29H21Br2IN2O2S/c1-16-10-21(11-17(2)26(16)31)33-29-34-28(35)25(37-29)14-18-12-23(30)27(24(32)13-18)36-15-20-8-5-7-19-6-3-4-9-22(19)20/h3-14H,15H2,1-2H3,(H,33,34,35)/b25-14-. The molecule has 1 heterocycles. The number of rotatable bonds is 5. The third kappa shape index (κ3) is 5.97. The summed E-state index contributed by atoms with van der Waals surface area (Å²) in [5, 5.41) is 5.83. The Morgan fingerprint density at radius 1 is 1.03 bits per heavy atom. The highest BCUT2D eigenvalue weighted by Crippen LogP contribution is 2.36. The zero-order valence-corrected chi connectivity index (χ0v) is 26.1. The Kier molecular flexibility index (Phi) is 8.09. The van der Waals surface area contributed by atoms with Crippen molar-refractivity contribution in [1.29, 1.82) is 0 Å². The normalized spacial score (nSPS) is 15.5. The van der Waals surface area contributed by atoms with E-state index in [1.165, 1.54) is 22.5 Å². The maximum absolute atomic E-state index is 12.6. The predicted molar refractivity (Wildman–Crippen MR) is 170 cm³/mol. The van der Waals surface area contributed by atoms with Gasteiger partial charge in [0.15, 0.2) is 5.17 Å². The largest absolute Gasteiger partial charge is 0.487 e. The van der Waals surface area contributed by atoms with Gasteiger partial charge in [0.1, 0.15) is 12.4 Å². The Morgan fingerprint density at radius 2 is 1.76 bits per heavy atom. The predicted octanol–water partition coefficient (Wildman–Crippen LogP) is 9.06. The molecule has 0 spiro atoms. The highest BCUT2D eigenvalue weighted by atomic mass is 127. The van der Waals surface area contributed by atoms with Crippen molar-refractivity contribution in [2.45, 2.75) is 20.5 Å². The third-order valence-electron chi connectivity index (χ3n) is 5.87. The molecule has 1 aliphatic rings. The van der Waals surface area contributed by atoms with E-state index < -0.39 is 0 Å². The molecule has 5 rings (SSSR count). The maximum atomic E-state index is 12.6. The van der Waals surface area contributed by atoms with Crippen LogP contribution in [0.5, 0.6) is 5.75 Å². The van der Waals surface area contributed by atoms with Crippen molar-refractivity contribution in [3.63, 3.8) is 0 Å². The van der Waals surface area contributed by atoms with Gasteiger partial charge in [0.25, 0.3) is 5.91 Å². The second-order valence-corrected chi connectivity index (χ2v) is 12.5. The number of halogens is 3. The van der Waals surface area contributed by atoms with E-state index in [0.717, 1.165) is 46.2 Å². The fourth-order valence-electron chi connectivity index (χ4n) is 4.11. The molecule has 1 aliphatic heterocycles.